The Kier molecular flexibility index (Phi) is 4.96. The molecular formula is C18H22N2O4S. The molecule has 25 heavy (non-hydrogen) atoms. The molecule has 1 aromatic heterocycles. The van der Waals surface area contributed by atoms with Gasteiger partial charge in [-0.3, -0.25) is 4.79 Å². The molecule has 3 rings (SSSR count). The molecule has 1 saturated heterocycles. The van der Waals surface area contributed by atoms with Crippen LogP contribution in [-0.4, -0.2) is 43.2 Å². The van der Waals surface area contributed by atoms with E-state index in [1.165, 1.54) is 9.21 Å². The summed E-state index contributed by atoms with van der Waals surface area (Å²) in [7, 11) is -2.02. The number of hydrogen-bond acceptors (Lipinski definition) is 4. The fourth-order valence-electron chi connectivity index (χ4n) is 3.09. The first-order valence-corrected chi connectivity index (χ1v) is 9.69. The Labute approximate surface area is 148 Å². The highest BCUT2D eigenvalue weighted by Gasteiger charge is 2.40. The molecule has 0 aliphatic carbocycles. The summed E-state index contributed by atoms with van der Waals surface area (Å²) < 4.78 is 32.5. The third kappa shape index (κ3) is 3.62. The Morgan fingerprint density at radius 3 is 2.64 bits per heavy atom. The van der Waals surface area contributed by atoms with Gasteiger partial charge in [0.2, 0.25) is 15.9 Å². The third-order valence-electron chi connectivity index (χ3n) is 4.47. The van der Waals surface area contributed by atoms with E-state index in [9.17, 15) is 13.2 Å². The van der Waals surface area contributed by atoms with E-state index in [4.69, 9.17) is 4.42 Å². The molecule has 0 N–H and O–H groups in total. The predicted octanol–water partition coefficient (Wildman–Crippen LogP) is 2.40. The summed E-state index contributed by atoms with van der Waals surface area (Å²) in [6, 6.07) is 9.61. The smallest absolute Gasteiger partial charge is 0.243 e. The Bertz CT molecular complexity index is 828. The van der Waals surface area contributed by atoms with Gasteiger partial charge < -0.3 is 9.32 Å². The van der Waals surface area contributed by atoms with Gasteiger partial charge in [0, 0.05) is 13.6 Å². The molecule has 1 unspecified atom stereocenters. The SMILES string of the molecule is Cc1ccc(S(=O)(=O)N2CCCC2C(=O)N(C)Cc2ccco2)cc1. The van der Waals surface area contributed by atoms with Crippen molar-refractivity contribution in [2.75, 3.05) is 13.6 Å². The number of hydrogen-bond donors (Lipinski definition) is 0. The van der Waals surface area contributed by atoms with Crippen LogP contribution in [0.5, 0.6) is 0 Å². The van der Waals surface area contributed by atoms with Crippen LogP contribution in [0.3, 0.4) is 0 Å². The van der Waals surface area contributed by atoms with Crippen LogP contribution in [0.25, 0.3) is 0 Å². The fraction of sp³-hybridized carbons (Fsp3) is 0.389. The normalized spacial score (nSPS) is 18.4. The average Bonchev–Trinajstić information content (AvgIpc) is 3.26. The van der Waals surface area contributed by atoms with Crippen LogP contribution in [0.1, 0.15) is 24.2 Å². The summed E-state index contributed by atoms with van der Waals surface area (Å²) in [5.74, 6) is 0.464. The van der Waals surface area contributed by atoms with Crippen molar-refractivity contribution in [3.05, 3.63) is 54.0 Å². The molecule has 6 nitrogen and oxygen atoms in total. The van der Waals surface area contributed by atoms with Crippen LogP contribution in [0.2, 0.25) is 0 Å². The number of likely N-dealkylation sites (N-methyl/N-ethyl adjacent to an activating group) is 1. The van der Waals surface area contributed by atoms with Crippen molar-refractivity contribution in [2.45, 2.75) is 37.2 Å². The first kappa shape index (κ1) is 17.7. The molecule has 0 radical (unpaired) electrons. The van der Waals surface area contributed by atoms with Crippen LogP contribution in [0.4, 0.5) is 0 Å². The lowest BCUT2D eigenvalue weighted by atomic mass is 10.2. The highest BCUT2D eigenvalue weighted by atomic mass is 32.2. The zero-order chi connectivity index (χ0) is 18.0. The Morgan fingerprint density at radius 2 is 2.00 bits per heavy atom. The van der Waals surface area contributed by atoms with Crippen molar-refractivity contribution >= 4 is 15.9 Å². The van der Waals surface area contributed by atoms with Crippen molar-refractivity contribution < 1.29 is 17.6 Å². The molecule has 1 fully saturated rings. The number of carbonyl (C=O) groups excluding carboxylic acids is 1. The van der Waals surface area contributed by atoms with Crippen LogP contribution in [0, 0.1) is 6.92 Å². The maximum Gasteiger partial charge on any atom is 0.243 e. The molecule has 0 spiro atoms. The quantitative estimate of drug-likeness (QED) is 0.819. The lowest BCUT2D eigenvalue weighted by molar-refractivity contribution is -0.134. The molecular weight excluding hydrogens is 340 g/mol. The second-order valence-corrected chi connectivity index (χ2v) is 8.25. The molecule has 7 heteroatoms. The minimum absolute atomic E-state index is 0.204. The van der Waals surface area contributed by atoms with Gasteiger partial charge >= 0.3 is 0 Å². The monoisotopic (exact) mass is 362 g/mol. The molecule has 1 aliphatic heterocycles. The zero-order valence-electron chi connectivity index (χ0n) is 14.4. The van der Waals surface area contributed by atoms with Gasteiger partial charge in [-0.25, -0.2) is 8.42 Å². The maximum absolute atomic E-state index is 12.9. The summed E-state index contributed by atoms with van der Waals surface area (Å²) in [6.07, 6.45) is 2.76. The van der Waals surface area contributed by atoms with E-state index in [1.54, 1.807) is 49.7 Å². The number of carbonyl (C=O) groups is 1. The summed E-state index contributed by atoms with van der Waals surface area (Å²) in [4.78, 5) is 14.5. The average molecular weight is 362 g/mol. The number of benzene rings is 1. The van der Waals surface area contributed by atoms with Gasteiger partial charge in [-0.2, -0.15) is 4.31 Å². The van der Waals surface area contributed by atoms with E-state index >= 15 is 0 Å². The van der Waals surface area contributed by atoms with Crippen LogP contribution >= 0.6 is 0 Å². The molecule has 2 aromatic rings. The number of sulfonamides is 1. The zero-order valence-corrected chi connectivity index (χ0v) is 15.2. The van der Waals surface area contributed by atoms with Gasteiger partial charge in [0.25, 0.3) is 0 Å². The highest BCUT2D eigenvalue weighted by Crippen LogP contribution is 2.27. The van der Waals surface area contributed by atoms with Crippen molar-refractivity contribution in [1.82, 2.24) is 9.21 Å². The second kappa shape index (κ2) is 7.01. The predicted molar refractivity (Wildman–Crippen MR) is 93.3 cm³/mol. The molecule has 1 aliphatic rings. The topological polar surface area (TPSA) is 70.8 Å². The second-order valence-electron chi connectivity index (χ2n) is 6.36. The summed E-state index contributed by atoms with van der Waals surface area (Å²) in [6.45, 7) is 2.59. The van der Waals surface area contributed by atoms with E-state index in [1.807, 2.05) is 6.92 Å². The van der Waals surface area contributed by atoms with E-state index in [0.717, 1.165) is 5.56 Å². The highest BCUT2D eigenvalue weighted by molar-refractivity contribution is 7.89. The van der Waals surface area contributed by atoms with Gasteiger partial charge in [-0.1, -0.05) is 17.7 Å². The van der Waals surface area contributed by atoms with Gasteiger partial charge in [0.15, 0.2) is 0 Å². The van der Waals surface area contributed by atoms with Crippen LogP contribution in [-0.2, 0) is 21.4 Å². The molecule has 1 aromatic carbocycles. The van der Waals surface area contributed by atoms with Crippen molar-refractivity contribution in [1.29, 1.82) is 0 Å². The maximum atomic E-state index is 12.9. The van der Waals surface area contributed by atoms with Gasteiger partial charge in [-0.05, 0) is 44.0 Å². The minimum Gasteiger partial charge on any atom is -0.467 e. The van der Waals surface area contributed by atoms with Crippen molar-refractivity contribution in [3.8, 4) is 0 Å². The summed E-state index contributed by atoms with van der Waals surface area (Å²) in [5, 5.41) is 0. The van der Waals surface area contributed by atoms with E-state index in [-0.39, 0.29) is 10.8 Å². The van der Waals surface area contributed by atoms with Crippen molar-refractivity contribution in [2.24, 2.45) is 0 Å². The molecule has 0 saturated carbocycles. The summed E-state index contributed by atoms with van der Waals surface area (Å²) >= 11 is 0. The third-order valence-corrected chi connectivity index (χ3v) is 6.39. The Hall–Kier alpha value is -2.12. The van der Waals surface area contributed by atoms with Crippen molar-refractivity contribution in [3.63, 3.8) is 0 Å². The first-order valence-electron chi connectivity index (χ1n) is 8.25. The van der Waals surface area contributed by atoms with Gasteiger partial charge in [-0.15, -0.1) is 0 Å². The number of furan rings is 1. The van der Waals surface area contributed by atoms with Gasteiger partial charge in [0.05, 0.1) is 17.7 Å². The van der Waals surface area contributed by atoms with E-state index in [0.29, 0.717) is 31.7 Å². The number of rotatable bonds is 5. The van der Waals surface area contributed by atoms with Gasteiger partial charge in [0.1, 0.15) is 11.8 Å². The fourth-order valence-corrected chi connectivity index (χ4v) is 4.74. The van der Waals surface area contributed by atoms with Crippen LogP contribution < -0.4 is 0 Å². The van der Waals surface area contributed by atoms with Crippen LogP contribution in [0.15, 0.2) is 52.0 Å². The lowest BCUT2D eigenvalue weighted by Gasteiger charge is -2.27. The Balaban J connectivity index is 1.79. The molecule has 1 amide bonds. The number of nitrogens with zero attached hydrogens (tertiary/aromatic N) is 2. The number of amides is 1. The molecule has 134 valence electrons. The molecule has 0 bridgehead atoms. The molecule has 1 atom stereocenters. The number of aryl methyl sites for hydroxylation is 1. The first-order chi connectivity index (χ1) is 11.9. The minimum atomic E-state index is -3.68. The Morgan fingerprint density at radius 1 is 1.28 bits per heavy atom. The van der Waals surface area contributed by atoms with E-state index < -0.39 is 16.1 Å². The van der Waals surface area contributed by atoms with E-state index in [2.05, 4.69) is 0 Å². The largest absolute Gasteiger partial charge is 0.467 e. The summed E-state index contributed by atoms with van der Waals surface area (Å²) in [5.41, 5.74) is 0.992. The standard InChI is InChI=1S/C18H22N2O4S/c1-14-7-9-16(10-8-14)25(22,23)20-11-3-6-17(20)18(21)19(2)13-15-5-4-12-24-15/h4-5,7-10,12,17H,3,6,11,13H2,1-2H3. The lowest BCUT2D eigenvalue weighted by Crippen LogP contribution is -2.46. The molecule has 2 heterocycles.